The van der Waals surface area contributed by atoms with E-state index in [0.717, 1.165) is 28.4 Å². The Bertz CT molecular complexity index is 632. The summed E-state index contributed by atoms with van der Waals surface area (Å²) >= 11 is 3.66. The number of phenols is 1. The van der Waals surface area contributed by atoms with Gasteiger partial charge >= 0.3 is 5.97 Å². The average Bonchev–Trinajstić information content (AvgIpc) is 2.74. The molecule has 178 valence electrons. The molecule has 31 heavy (non-hydrogen) atoms. The summed E-state index contributed by atoms with van der Waals surface area (Å²) in [5.74, 6) is 2.83. The van der Waals surface area contributed by atoms with E-state index in [-0.39, 0.29) is 11.3 Å². The molecule has 3 nitrogen and oxygen atoms in total. The molecule has 0 heterocycles. The molecule has 0 bridgehead atoms. The van der Waals surface area contributed by atoms with Crippen molar-refractivity contribution in [2.45, 2.75) is 109 Å². The summed E-state index contributed by atoms with van der Waals surface area (Å²) in [7, 11) is 0. The Morgan fingerprint density at radius 3 is 1.71 bits per heavy atom. The molecule has 0 saturated heterocycles. The van der Waals surface area contributed by atoms with Crippen molar-refractivity contribution in [2.24, 2.45) is 0 Å². The van der Waals surface area contributed by atoms with Crippen molar-refractivity contribution in [3.05, 3.63) is 28.3 Å². The Kier molecular flexibility index (Phi) is 16.1. The van der Waals surface area contributed by atoms with Gasteiger partial charge in [-0.2, -0.15) is 23.5 Å². The lowest BCUT2D eigenvalue weighted by Gasteiger charge is -2.15. The summed E-state index contributed by atoms with van der Waals surface area (Å²) in [4.78, 5) is 11.8. The monoisotopic (exact) mass is 468 g/mol. The third-order valence-electron chi connectivity index (χ3n) is 5.72. The number of aromatic carboxylic acids is 1. The van der Waals surface area contributed by atoms with Crippen molar-refractivity contribution in [1.82, 2.24) is 0 Å². The number of aromatic hydroxyl groups is 1. The van der Waals surface area contributed by atoms with Crippen LogP contribution in [-0.4, -0.2) is 27.7 Å². The molecule has 0 aromatic heterocycles. The minimum atomic E-state index is -0.936. The Morgan fingerprint density at radius 1 is 0.774 bits per heavy atom. The van der Waals surface area contributed by atoms with Crippen LogP contribution in [0.1, 0.15) is 118 Å². The lowest BCUT2D eigenvalue weighted by Crippen LogP contribution is -2.07. The molecule has 0 aliphatic rings. The fraction of sp³-hybridized carbons (Fsp3) is 0.731. The Hall–Kier alpha value is -0.810. The van der Waals surface area contributed by atoms with Gasteiger partial charge in [0, 0.05) is 22.6 Å². The molecule has 2 N–H and O–H groups in total. The quantitative estimate of drug-likeness (QED) is 0.199. The van der Waals surface area contributed by atoms with Gasteiger partial charge in [-0.15, -0.1) is 0 Å². The summed E-state index contributed by atoms with van der Waals surface area (Å²) in [6, 6.07) is 1.94. The van der Waals surface area contributed by atoms with Crippen LogP contribution < -0.4 is 0 Å². The molecule has 1 aromatic rings. The lowest BCUT2D eigenvalue weighted by molar-refractivity contribution is 0.0694. The first-order valence-electron chi connectivity index (χ1n) is 12.3. The maximum absolute atomic E-state index is 11.8. The average molecular weight is 469 g/mol. The van der Waals surface area contributed by atoms with Crippen LogP contribution >= 0.6 is 23.5 Å². The van der Waals surface area contributed by atoms with E-state index in [9.17, 15) is 15.0 Å². The van der Waals surface area contributed by atoms with Crippen LogP contribution in [0.3, 0.4) is 0 Å². The van der Waals surface area contributed by atoms with Gasteiger partial charge in [-0.25, -0.2) is 4.79 Å². The number of hydrogen-bond donors (Lipinski definition) is 2. The molecular weight excluding hydrogens is 424 g/mol. The van der Waals surface area contributed by atoms with Crippen molar-refractivity contribution in [1.29, 1.82) is 0 Å². The van der Waals surface area contributed by atoms with Crippen LogP contribution in [0.4, 0.5) is 0 Å². The predicted molar refractivity (Wildman–Crippen MR) is 139 cm³/mol. The van der Waals surface area contributed by atoms with E-state index in [4.69, 9.17) is 0 Å². The Balaban J connectivity index is 2.54. The van der Waals surface area contributed by atoms with Gasteiger partial charge < -0.3 is 10.2 Å². The van der Waals surface area contributed by atoms with Crippen molar-refractivity contribution < 1.29 is 15.0 Å². The fourth-order valence-electron chi connectivity index (χ4n) is 3.81. The summed E-state index contributed by atoms with van der Waals surface area (Å²) in [6.07, 6.45) is 15.4. The number of rotatable bonds is 19. The largest absolute Gasteiger partial charge is 0.507 e. The van der Waals surface area contributed by atoms with Crippen molar-refractivity contribution >= 4 is 29.5 Å². The third-order valence-corrected chi connectivity index (χ3v) is 7.90. The molecule has 1 rings (SSSR count). The van der Waals surface area contributed by atoms with E-state index in [1.165, 1.54) is 77.0 Å². The molecule has 0 aliphatic heterocycles. The molecule has 0 radical (unpaired) electrons. The number of carbonyl (C=O) groups is 1. The molecule has 0 saturated carbocycles. The van der Waals surface area contributed by atoms with E-state index in [1.807, 2.05) is 29.6 Å². The highest BCUT2D eigenvalue weighted by Crippen LogP contribution is 2.33. The van der Waals surface area contributed by atoms with Gasteiger partial charge in [0.25, 0.3) is 0 Å². The van der Waals surface area contributed by atoms with E-state index in [2.05, 4.69) is 13.8 Å². The first-order chi connectivity index (χ1) is 15.0. The zero-order valence-corrected chi connectivity index (χ0v) is 21.6. The second-order valence-corrected chi connectivity index (χ2v) is 10.7. The predicted octanol–water partition coefficient (Wildman–Crippen LogP) is 8.59. The summed E-state index contributed by atoms with van der Waals surface area (Å²) in [5, 5.41) is 20.3. The Morgan fingerprint density at radius 2 is 1.23 bits per heavy atom. The summed E-state index contributed by atoms with van der Waals surface area (Å²) < 4.78 is 0. The van der Waals surface area contributed by atoms with Crippen molar-refractivity contribution in [3.63, 3.8) is 0 Å². The second kappa shape index (κ2) is 17.7. The smallest absolute Gasteiger partial charge is 0.336 e. The molecular formula is C26H44O3S2. The van der Waals surface area contributed by atoms with Crippen LogP contribution in [0.5, 0.6) is 5.75 Å². The molecule has 0 atom stereocenters. The normalized spacial score (nSPS) is 11.2. The van der Waals surface area contributed by atoms with Crippen molar-refractivity contribution in [2.75, 3.05) is 11.5 Å². The van der Waals surface area contributed by atoms with Crippen LogP contribution in [-0.2, 0) is 11.5 Å². The third kappa shape index (κ3) is 11.6. The number of carboxylic acids is 1. The summed E-state index contributed by atoms with van der Waals surface area (Å²) in [6.45, 7) is 6.21. The highest BCUT2D eigenvalue weighted by molar-refractivity contribution is 7.98. The lowest BCUT2D eigenvalue weighted by atomic mass is 9.98. The standard InChI is InChI=1S/C26H44O3S2/c1-4-6-8-10-12-14-16-30-19-22-18-23(25(27)21(3)24(22)26(28)29)20-31-17-15-13-11-9-7-5-2/h18,27H,4-17,19-20H2,1-3H3,(H,28,29). The number of thioether (sulfide) groups is 2. The van der Waals surface area contributed by atoms with Gasteiger partial charge in [-0.05, 0) is 42.9 Å². The maximum atomic E-state index is 11.8. The highest BCUT2D eigenvalue weighted by Gasteiger charge is 2.19. The van der Waals surface area contributed by atoms with Crippen molar-refractivity contribution in [3.8, 4) is 5.75 Å². The van der Waals surface area contributed by atoms with Gasteiger partial charge in [0.2, 0.25) is 0 Å². The van der Waals surface area contributed by atoms with Crippen LogP contribution in [0.15, 0.2) is 6.07 Å². The van der Waals surface area contributed by atoms with Gasteiger partial charge in [-0.3, -0.25) is 0 Å². The van der Waals surface area contributed by atoms with Crippen LogP contribution in [0.25, 0.3) is 0 Å². The molecule has 0 unspecified atom stereocenters. The Labute approximate surface area is 199 Å². The molecule has 0 spiro atoms. The first kappa shape index (κ1) is 28.2. The van der Waals surface area contributed by atoms with Gasteiger partial charge in [0.1, 0.15) is 5.75 Å². The highest BCUT2D eigenvalue weighted by atomic mass is 32.2. The number of unbranched alkanes of at least 4 members (excludes halogenated alkanes) is 10. The molecule has 1 aromatic carbocycles. The minimum absolute atomic E-state index is 0.164. The summed E-state index contributed by atoms with van der Waals surface area (Å²) in [5.41, 5.74) is 2.54. The fourth-order valence-corrected chi connectivity index (χ4v) is 5.80. The van der Waals surface area contributed by atoms with Crippen LogP contribution in [0, 0.1) is 6.92 Å². The number of carboxylic acid groups (broad SMARTS) is 1. The zero-order chi connectivity index (χ0) is 22.9. The first-order valence-corrected chi connectivity index (χ1v) is 14.6. The number of phenolic OH excluding ortho intramolecular Hbond substituents is 1. The van der Waals surface area contributed by atoms with Gasteiger partial charge in [-0.1, -0.05) is 78.1 Å². The molecule has 0 amide bonds. The zero-order valence-electron chi connectivity index (χ0n) is 20.0. The topological polar surface area (TPSA) is 57.5 Å². The number of hydrogen-bond acceptors (Lipinski definition) is 4. The van der Waals surface area contributed by atoms with E-state index in [0.29, 0.717) is 11.3 Å². The van der Waals surface area contributed by atoms with Gasteiger partial charge in [0.05, 0.1) is 5.56 Å². The minimum Gasteiger partial charge on any atom is -0.507 e. The molecule has 0 aliphatic carbocycles. The van der Waals surface area contributed by atoms with E-state index in [1.54, 1.807) is 6.92 Å². The van der Waals surface area contributed by atoms with Gasteiger partial charge in [0.15, 0.2) is 0 Å². The van der Waals surface area contributed by atoms with E-state index >= 15 is 0 Å². The van der Waals surface area contributed by atoms with E-state index < -0.39 is 5.97 Å². The second-order valence-electron chi connectivity index (χ2n) is 8.49. The van der Waals surface area contributed by atoms with Crippen LogP contribution in [0.2, 0.25) is 0 Å². The molecule has 5 heteroatoms. The molecule has 0 fully saturated rings. The SMILES string of the molecule is CCCCCCCCSCc1cc(CSCCCCCCCC)c(C(=O)O)c(C)c1O. The number of benzene rings is 1. The maximum Gasteiger partial charge on any atom is 0.336 e.